The minimum atomic E-state index is -0.400. The number of piperidine rings is 1. The Morgan fingerprint density at radius 3 is 2.07 bits per heavy atom. The number of nitrogens with one attached hydrogen (secondary N) is 2. The maximum Gasteiger partial charge on any atom is 0.129 e. The van der Waals surface area contributed by atoms with Crippen LogP contribution in [0, 0.1) is 5.92 Å². The number of anilines is 2. The molecule has 2 N–H and O–H groups in total. The van der Waals surface area contributed by atoms with Crippen molar-refractivity contribution >= 4 is 17.7 Å². The molecule has 0 saturated carbocycles. The van der Waals surface area contributed by atoms with Crippen LogP contribution in [0.5, 0.6) is 0 Å². The van der Waals surface area contributed by atoms with Crippen LogP contribution in [0.3, 0.4) is 0 Å². The fourth-order valence-corrected chi connectivity index (χ4v) is 4.31. The van der Waals surface area contributed by atoms with Crippen molar-refractivity contribution in [2.24, 2.45) is 5.92 Å². The smallest absolute Gasteiger partial charge is 0.129 e. The van der Waals surface area contributed by atoms with Gasteiger partial charge in [-0.25, -0.2) is 0 Å². The number of rotatable bonds is 6. The summed E-state index contributed by atoms with van der Waals surface area (Å²) < 4.78 is 0. The van der Waals surface area contributed by atoms with E-state index in [0.29, 0.717) is 12.1 Å². The molecule has 0 bridgehead atoms. The highest BCUT2D eigenvalue weighted by Crippen LogP contribution is 2.33. The van der Waals surface area contributed by atoms with Gasteiger partial charge in [-0.15, -0.1) is 0 Å². The zero-order valence-electron chi connectivity index (χ0n) is 18.9. The highest BCUT2D eigenvalue weighted by Gasteiger charge is 2.30. The van der Waals surface area contributed by atoms with E-state index in [4.69, 9.17) is 0 Å². The van der Waals surface area contributed by atoms with Crippen molar-refractivity contribution in [3.05, 3.63) is 59.7 Å². The standard InChI is InChI=1S/C24H31N3O.C2H6/c1-24(2,17-28)20-9-7-18(8-10-20)11-14-27-15-12-19(13-16-27)23-25-21-5-3-4-6-22(21)26-23;1-2/h3-10,17,19,23,25-26H,11-16H2,1-2H3;1-2H3. The Hall–Kier alpha value is -2.33. The zero-order chi connectivity index (χ0) is 21.6. The third-order valence-electron chi connectivity index (χ3n) is 6.36. The van der Waals surface area contributed by atoms with Crippen LogP contribution in [0.15, 0.2) is 48.5 Å². The molecular formula is C26H37N3O. The molecule has 0 radical (unpaired) electrons. The SMILES string of the molecule is CC.CC(C)(C=O)c1ccc(CCN2CCC(C3Nc4ccccc4N3)CC2)cc1. The van der Waals surface area contributed by atoms with Crippen molar-refractivity contribution in [3.8, 4) is 0 Å². The Morgan fingerprint density at radius 2 is 1.53 bits per heavy atom. The van der Waals surface area contributed by atoms with Gasteiger partial charge in [0.25, 0.3) is 0 Å². The number of hydrogen-bond acceptors (Lipinski definition) is 4. The summed E-state index contributed by atoms with van der Waals surface area (Å²) in [5.74, 6) is 0.675. The lowest BCUT2D eigenvalue weighted by molar-refractivity contribution is -0.111. The monoisotopic (exact) mass is 407 g/mol. The number of carbonyl (C=O) groups excluding carboxylic acids is 1. The molecule has 162 valence electrons. The van der Waals surface area contributed by atoms with Gasteiger partial charge < -0.3 is 20.3 Å². The molecule has 2 aromatic rings. The van der Waals surface area contributed by atoms with Gasteiger partial charge in [-0.3, -0.25) is 0 Å². The largest absolute Gasteiger partial charge is 0.363 e. The Bertz CT molecular complexity index is 782. The summed E-state index contributed by atoms with van der Waals surface area (Å²) in [4.78, 5) is 13.8. The van der Waals surface area contributed by atoms with Gasteiger partial charge in [-0.1, -0.05) is 50.2 Å². The van der Waals surface area contributed by atoms with E-state index in [-0.39, 0.29) is 0 Å². The van der Waals surface area contributed by atoms with Crippen molar-refractivity contribution in [2.75, 3.05) is 30.3 Å². The lowest BCUT2D eigenvalue weighted by Crippen LogP contribution is -2.42. The molecule has 0 amide bonds. The number of para-hydroxylation sites is 2. The van der Waals surface area contributed by atoms with E-state index < -0.39 is 5.41 Å². The Labute approximate surface area is 182 Å². The normalized spacial score (nSPS) is 17.3. The number of benzene rings is 2. The number of nitrogens with zero attached hydrogens (tertiary/aromatic N) is 1. The lowest BCUT2D eigenvalue weighted by atomic mass is 9.86. The molecule has 1 fully saturated rings. The van der Waals surface area contributed by atoms with Gasteiger partial charge in [-0.05, 0) is 75.4 Å². The molecule has 0 aromatic heterocycles. The highest BCUT2D eigenvalue weighted by molar-refractivity contribution is 5.74. The first-order chi connectivity index (χ1) is 14.5. The third kappa shape index (κ3) is 5.23. The maximum absolute atomic E-state index is 11.2. The second-order valence-corrected chi connectivity index (χ2v) is 8.78. The van der Waals surface area contributed by atoms with Crippen LogP contribution in [0.4, 0.5) is 11.4 Å². The molecule has 1 saturated heterocycles. The number of likely N-dealkylation sites (tertiary alicyclic amines) is 1. The van der Waals surface area contributed by atoms with Crippen LogP contribution in [-0.4, -0.2) is 37.0 Å². The average Bonchev–Trinajstić information content (AvgIpc) is 3.24. The molecule has 30 heavy (non-hydrogen) atoms. The van der Waals surface area contributed by atoms with Crippen LogP contribution in [0.1, 0.15) is 51.7 Å². The molecule has 4 nitrogen and oxygen atoms in total. The predicted octanol–water partition coefficient (Wildman–Crippen LogP) is 5.31. The zero-order valence-corrected chi connectivity index (χ0v) is 18.9. The summed E-state index contributed by atoms with van der Waals surface area (Å²) in [7, 11) is 0. The number of hydrogen-bond donors (Lipinski definition) is 2. The summed E-state index contributed by atoms with van der Waals surface area (Å²) in [5, 5.41) is 7.29. The predicted molar refractivity (Wildman–Crippen MR) is 127 cm³/mol. The van der Waals surface area contributed by atoms with E-state index in [2.05, 4.69) is 64.1 Å². The molecular weight excluding hydrogens is 370 g/mol. The lowest BCUT2D eigenvalue weighted by Gasteiger charge is -2.35. The van der Waals surface area contributed by atoms with Gasteiger partial charge in [0.15, 0.2) is 0 Å². The van der Waals surface area contributed by atoms with Gasteiger partial charge in [0, 0.05) is 12.0 Å². The summed E-state index contributed by atoms with van der Waals surface area (Å²) in [6.07, 6.45) is 4.92. The second kappa shape index (κ2) is 10.1. The summed E-state index contributed by atoms with van der Waals surface area (Å²) in [5.41, 5.74) is 4.50. The van der Waals surface area contributed by atoms with Gasteiger partial charge in [-0.2, -0.15) is 0 Å². The van der Waals surface area contributed by atoms with Crippen LogP contribution in [0.25, 0.3) is 0 Å². The molecule has 2 aliphatic heterocycles. The van der Waals surface area contributed by atoms with Gasteiger partial charge in [0.1, 0.15) is 6.29 Å². The van der Waals surface area contributed by atoms with Crippen LogP contribution >= 0.6 is 0 Å². The van der Waals surface area contributed by atoms with Gasteiger partial charge >= 0.3 is 0 Å². The maximum atomic E-state index is 11.2. The first kappa shape index (κ1) is 22.4. The number of aldehydes is 1. The average molecular weight is 408 g/mol. The summed E-state index contributed by atoms with van der Waals surface area (Å²) >= 11 is 0. The fraction of sp³-hybridized carbons (Fsp3) is 0.500. The number of carbonyl (C=O) groups is 1. The van der Waals surface area contributed by atoms with Crippen molar-refractivity contribution in [3.63, 3.8) is 0 Å². The van der Waals surface area contributed by atoms with Gasteiger partial charge in [0.2, 0.25) is 0 Å². The first-order valence-electron chi connectivity index (χ1n) is 11.5. The minimum absolute atomic E-state index is 0.369. The van der Waals surface area contributed by atoms with Crippen LogP contribution in [0.2, 0.25) is 0 Å². The molecule has 4 rings (SSSR count). The van der Waals surface area contributed by atoms with Crippen molar-refractivity contribution in [1.29, 1.82) is 0 Å². The Kier molecular flexibility index (Phi) is 7.54. The number of fused-ring (bicyclic) bond motifs is 1. The van der Waals surface area contributed by atoms with E-state index in [1.165, 1.54) is 29.8 Å². The summed E-state index contributed by atoms with van der Waals surface area (Å²) in [6.45, 7) is 11.4. The molecule has 0 spiro atoms. The van der Waals surface area contributed by atoms with Crippen LogP contribution in [-0.2, 0) is 16.6 Å². The fourth-order valence-electron chi connectivity index (χ4n) is 4.31. The van der Waals surface area contributed by atoms with Crippen molar-refractivity contribution < 1.29 is 4.79 Å². The molecule has 2 aliphatic rings. The minimum Gasteiger partial charge on any atom is -0.363 e. The second-order valence-electron chi connectivity index (χ2n) is 8.78. The Balaban J connectivity index is 0.00000124. The van der Waals surface area contributed by atoms with E-state index in [0.717, 1.165) is 37.9 Å². The molecule has 4 heteroatoms. The van der Waals surface area contributed by atoms with Gasteiger partial charge in [0.05, 0.1) is 17.5 Å². The van der Waals surface area contributed by atoms with Crippen LogP contribution < -0.4 is 10.6 Å². The highest BCUT2D eigenvalue weighted by atomic mass is 16.1. The van der Waals surface area contributed by atoms with Crippen molar-refractivity contribution in [1.82, 2.24) is 4.90 Å². The molecule has 0 atom stereocenters. The first-order valence-corrected chi connectivity index (χ1v) is 11.5. The van der Waals surface area contributed by atoms with Crippen molar-refractivity contribution in [2.45, 2.75) is 58.5 Å². The van der Waals surface area contributed by atoms with E-state index in [1.807, 2.05) is 27.7 Å². The molecule has 0 unspecified atom stereocenters. The summed E-state index contributed by atoms with van der Waals surface area (Å²) in [6, 6.07) is 17.0. The molecule has 0 aliphatic carbocycles. The topological polar surface area (TPSA) is 44.4 Å². The Morgan fingerprint density at radius 1 is 0.967 bits per heavy atom. The van der Waals surface area contributed by atoms with E-state index in [9.17, 15) is 4.79 Å². The quantitative estimate of drug-likeness (QED) is 0.637. The van der Waals surface area contributed by atoms with E-state index >= 15 is 0 Å². The molecule has 2 heterocycles. The molecule has 2 aromatic carbocycles. The third-order valence-corrected chi connectivity index (χ3v) is 6.36. The van der Waals surface area contributed by atoms with E-state index in [1.54, 1.807) is 0 Å².